The summed E-state index contributed by atoms with van der Waals surface area (Å²) < 4.78 is 1.94. The van der Waals surface area contributed by atoms with Crippen molar-refractivity contribution >= 4 is 28.3 Å². The number of rotatable bonds is 2. The third-order valence-electron chi connectivity index (χ3n) is 5.55. The van der Waals surface area contributed by atoms with Crippen LogP contribution in [0.4, 0.5) is 11.6 Å². The van der Waals surface area contributed by atoms with Gasteiger partial charge in [-0.1, -0.05) is 12.1 Å². The summed E-state index contributed by atoms with van der Waals surface area (Å²) in [6.07, 6.45) is 0. The van der Waals surface area contributed by atoms with Crippen LogP contribution < -0.4 is 9.80 Å². The second-order valence-corrected chi connectivity index (χ2v) is 7.34. The molecule has 7 nitrogen and oxygen atoms in total. The zero-order chi connectivity index (χ0) is 19.3. The first-order valence-corrected chi connectivity index (χ1v) is 9.66. The molecule has 1 saturated heterocycles. The number of nitrogens with zero attached hydrogens (tertiary/aromatic N) is 7. The van der Waals surface area contributed by atoms with Crippen molar-refractivity contribution in [2.24, 2.45) is 0 Å². The summed E-state index contributed by atoms with van der Waals surface area (Å²) >= 11 is 0. The molecule has 1 aliphatic heterocycles. The summed E-state index contributed by atoms with van der Waals surface area (Å²) in [6.45, 7) is 9.73. The molecule has 0 amide bonds. The van der Waals surface area contributed by atoms with Crippen LogP contribution in [-0.4, -0.2) is 50.7 Å². The maximum Gasteiger partial charge on any atom is 0.154 e. The number of piperazine rings is 1. The van der Waals surface area contributed by atoms with Crippen LogP contribution in [0.25, 0.3) is 16.7 Å². The molecule has 4 heterocycles. The number of para-hydroxylation sites is 2. The van der Waals surface area contributed by atoms with Gasteiger partial charge in [0.1, 0.15) is 5.82 Å². The van der Waals surface area contributed by atoms with Gasteiger partial charge in [0, 0.05) is 26.2 Å². The zero-order valence-electron chi connectivity index (χ0n) is 16.4. The van der Waals surface area contributed by atoms with E-state index in [0.29, 0.717) is 0 Å². The highest BCUT2D eigenvalue weighted by atomic mass is 15.4. The number of aromatic nitrogens is 5. The fourth-order valence-corrected chi connectivity index (χ4v) is 3.84. The predicted molar refractivity (Wildman–Crippen MR) is 111 cm³/mol. The molecule has 0 bridgehead atoms. The topological polar surface area (TPSA) is 62.5 Å². The van der Waals surface area contributed by atoms with Crippen molar-refractivity contribution in [3.8, 4) is 0 Å². The van der Waals surface area contributed by atoms with E-state index in [4.69, 9.17) is 15.1 Å². The standard InChI is InChI=1S/C21H23N7/c1-14-16(3)28-19(23-14)8-9-20(25-28)26-10-12-27(13-11-26)21-15(2)22-17-6-4-5-7-18(17)24-21/h4-9H,10-13H2,1-3H3. The molecule has 0 aliphatic carbocycles. The van der Waals surface area contributed by atoms with Crippen LogP contribution in [0.1, 0.15) is 17.1 Å². The quantitative estimate of drug-likeness (QED) is 0.538. The van der Waals surface area contributed by atoms with Crippen LogP contribution in [-0.2, 0) is 0 Å². The average molecular weight is 373 g/mol. The summed E-state index contributed by atoms with van der Waals surface area (Å²) in [6, 6.07) is 12.2. The first-order chi connectivity index (χ1) is 13.6. The molecule has 0 unspecified atom stereocenters. The van der Waals surface area contributed by atoms with Gasteiger partial charge >= 0.3 is 0 Å². The molecule has 1 aromatic carbocycles. The minimum absolute atomic E-state index is 0.898. The monoisotopic (exact) mass is 373 g/mol. The Labute approximate surface area is 163 Å². The number of hydrogen-bond acceptors (Lipinski definition) is 6. The Balaban J connectivity index is 1.38. The molecule has 0 atom stereocenters. The lowest BCUT2D eigenvalue weighted by atomic mass is 10.2. The van der Waals surface area contributed by atoms with E-state index in [1.54, 1.807) is 0 Å². The average Bonchev–Trinajstić information content (AvgIpc) is 3.01. The Bertz CT molecular complexity index is 1170. The van der Waals surface area contributed by atoms with E-state index < -0.39 is 0 Å². The normalized spacial score (nSPS) is 15.0. The number of anilines is 2. The molecule has 7 heteroatoms. The molecular formula is C21H23N7. The number of aryl methyl sites for hydroxylation is 3. The Kier molecular flexibility index (Phi) is 3.89. The lowest BCUT2D eigenvalue weighted by Gasteiger charge is -2.36. The van der Waals surface area contributed by atoms with Crippen molar-refractivity contribution in [2.45, 2.75) is 20.8 Å². The number of fused-ring (bicyclic) bond motifs is 2. The van der Waals surface area contributed by atoms with E-state index >= 15 is 0 Å². The van der Waals surface area contributed by atoms with Gasteiger partial charge in [-0.05, 0) is 45.0 Å². The Morgan fingerprint density at radius 3 is 2.14 bits per heavy atom. The third-order valence-corrected chi connectivity index (χ3v) is 5.55. The summed E-state index contributed by atoms with van der Waals surface area (Å²) in [7, 11) is 0. The maximum atomic E-state index is 4.87. The van der Waals surface area contributed by atoms with E-state index in [1.165, 1.54) is 0 Å². The van der Waals surface area contributed by atoms with E-state index in [1.807, 2.05) is 48.7 Å². The summed E-state index contributed by atoms with van der Waals surface area (Å²) in [5, 5.41) is 4.81. The highest BCUT2D eigenvalue weighted by Crippen LogP contribution is 2.23. The van der Waals surface area contributed by atoms with Gasteiger partial charge in [0.05, 0.1) is 28.1 Å². The molecule has 5 rings (SSSR count). The first-order valence-electron chi connectivity index (χ1n) is 9.66. The van der Waals surface area contributed by atoms with Crippen molar-refractivity contribution in [3.05, 3.63) is 53.5 Å². The second-order valence-electron chi connectivity index (χ2n) is 7.34. The van der Waals surface area contributed by atoms with Crippen molar-refractivity contribution in [1.29, 1.82) is 0 Å². The summed E-state index contributed by atoms with van der Waals surface area (Å²) in [5.74, 6) is 1.98. The fraction of sp³-hybridized carbons (Fsp3) is 0.333. The largest absolute Gasteiger partial charge is 0.352 e. The van der Waals surface area contributed by atoms with Gasteiger partial charge in [0.25, 0.3) is 0 Å². The first kappa shape index (κ1) is 16.9. The van der Waals surface area contributed by atoms with E-state index in [9.17, 15) is 0 Å². The second kappa shape index (κ2) is 6.44. The van der Waals surface area contributed by atoms with Crippen molar-refractivity contribution in [1.82, 2.24) is 24.6 Å². The smallest absolute Gasteiger partial charge is 0.154 e. The van der Waals surface area contributed by atoms with Crippen molar-refractivity contribution < 1.29 is 0 Å². The number of imidazole rings is 1. The van der Waals surface area contributed by atoms with E-state index in [-0.39, 0.29) is 0 Å². The van der Waals surface area contributed by atoms with E-state index in [0.717, 1.165) is 71.6 Å². The molecular weight excluding hydrogens is 350 g/mol. The predicted octanol–water partition coefficient (Wildman–Crippen LogP) is 2.92. The van der Waals surface area contributed by atoms with Gasteiger partial charge in [0.15, 0.2) is 11.5 Å². The molecule has 0 saturated carbocycles. The van der Waals surface area contributed by atoms with Gasteiger partial charge in [-0.2, -0.15) is 0 Å². The SMILES string of the molecule is Cc1nc2ccccc2nc1N1CCN(c2ccc3nc(C)c(C)n3n2)CC1. The van der Waals surface area contributed by atoms with Gasteiger partial charge < -0.3 is 9.80 Å². The molecule has 142 valence electrons. The minimum Gasteiger partial charge on any atom is -0.352 e. The zero-order valence-corrected chi connectivity index (χ0v) is 16.4. The molecule has 3 aromatic heterocycles. The van der Waals surface area contributed by atoms with Crippen LogP contribution in [0.3, 0.4) is 0 Å². The van der Waals surface area contributed by atoms with Gasteiger partial charge in [0.2, 0.25) is 0 Å². The Morgan fingerprint density at radius 2 is 1.39 bits per heavy atom. The number of hydrogen-bond donors (Lipinski definition) is 0. The third kappa shape index (κ3) is 2.74. The van der Waals surface area contributed by atoms with E-state index in [2.05, 4.69) is 27.8 Å². The number of benzene rings is 1. The van der Waals surface area contributed by atoms with Crippen LogP contribution in [0.15, 0.2) is 36.4 Å². The molecule has 4 aromatic rings. The lowest BCUT2D eigenvalue weighted by Crippen LogP contribution is -2.47. The Hall–Kier alpha value is -3.22. The minimum atomic E-state index is 0.898. The van der Waals surface area contributed by atoms with Crippen LogP contribution >= 0.6 is 0 Å². The van der Waals surface area contributed by atoms with Crippen LogP contribution in [0.2, 0.25) is 0 Å². The van der Waals surface area contributed by atoms with Gasteiger partial charge in [-0.15, -0.1) is 5.10 Å². The summed E-state index contributed by atoms with van der Waals surface area (Å²) in [5.41, 5.74) is 5.91. The Morgan fingerprint density at radius 1 is 0.714 bits per heavy atom. The molecule has 0 radical (unpaired) electrons. The van der Waals surface area contributed by atoms with Gasteiger partial charge in [-0.3, -0.25) is 0 Å². The highest BCUT2D eigenvalue weighted by Gasteiger charge is 2.22. The molecule has 1 aliphatic rings. The summed E-state index contributed by atoms with van der Waals surface area (Å²) in [4.78, 5) is 18.8. The lowest BCUT2D eigenvalue weighted by molar-refractivity contribution is 0.634. The van der Waals surface area contributed by atoms with Crippen molar-refractivity contribution in [2.75, 3.05) is 36.0 Å². The van der Waals surface area contributed by atoms with Crippen LogP contribution in [0.5, 0.6) is 0 Å². The fourth-order valence-electron chi connectivity index (χ4n) is 3.84. The van der Waals surface area contributed by atoms with Crippen LogP contribution in [0, 0.1) is 20.8 Å². The molecule has 0 spiro atoms. The van der Waals surface area contributed by atoms with Crippen molar-refractivity contribution in [3.63, 3.8) is 0 Å². The molecule has 0 N–H and O–H groups in total. The molecule has 28 heavy (non-hydrogen) atoms. The molecule has 1 fully saturated rings. The maximum absolute atomic E-state index is 4.87. The highest BCUT2D eigenvalue weighted by molar-refractivity contribution is 5.76. The van der Waals surface area contributed by atoms with Gasteiger partial charge in [-0.25, -0.2) is 19.5 Å².